The highest BCUT2D eigenvalue weighted by Crippen LogP contribution is 2.38. The van der Waals surface area contributed by atoms with Gasteiger partial charge in [-0.3, -0.25) is 4.98 Å². The first-order chi connectivity index (χ1) is 7.68. The molecule has 1 atom stereocenters. The van der Waals surface area contributed by atoms with E-state index in [-0.39, 0.29) is 0 Å². The van der Waals surface area contributed by atoms with E-state index in [2.05, 4.69) is 11.9 Å². The zero-order chi connectivity index (χ0) is 11.6. The van der Waals surface area contributed by atoms with Crippen molar-refractivity contribution >= 4 is 28.3 Å². The fourth-order valence-corrected chi connectivity index (χ4v) is 3.27. The van der Waals surface area contributed by atoms with Gasteiger partial charge in [-0.15, -0.1) is 0 Å². The minimum atomic E-state index is -0.980. The maximum atomic E-state index is 10.7. The van der Waals surface area contributed by atoms with Gasteiger partial charge in [0.25, 0.3) is 0 Å². The van der Waals surface area contributed by atoms with Crippen LogP contribution in [0.4, 0.5) is 0 Å². The van der Waals surface area contributed by atoms with Crippen molar-refractivity contribution in [3.05, 3.63) is 30.1 Å². The summed E-state index contributed by atoms with van der Waals surface area (Å²) >= 11 is 6.79. The van der Waals surface area contributed by atoms with Crippen molar-refractivity contribution < 1.29 is 5.11 Å². The molecule has 1 aliphatic heterocycles. The Labute approximate surface area is 105 Å². The Bertz CT molecular complexity index is 385. The molecular weight excluding hydrogens is 240 g/mol. The molecule has 2 rings (SSSR count). The van der Waals surface area contributed by atoms with E-state index in [1.807, 2.05) is 17.0 Å². The minimum absolute atomic E-state index is 0.581. The average molecular weight is 254 g/mol. The Hall–Kier alpha value is -0.650. The van der Waals surface area contributed by atoms with E-state index < -0.39 is 5.72 Å². The number of nitrogens with zero attached hydrogens (tertiary/aromatic N) is 2. The van der Waals surface area contributed by atoms with Gasteiger partial charge in [0.05, 0.1) is 5.75 Å². The highest BCUT2D eigenvalue weighted by molar-refractivity contribution is 8.23. The van der Waals surface area contributed by atoms with E-state index in [1.165, 1.54) is 11.8 Å². The van der Waals surface area contributed by atoms with Gasteiger partial charge in [0.15, 0.2) is 5.72 Å². The third-order valence-electron chi connectivity index (χ3n) is 2.63. The number of rotatable bonds is 3. The molecular formula is C11H14N2OS2. The molecule has 1 aliphatic rings. The van der Waals surface area contributed by atoms with Gasteiger partial charge in [-0.1, -0.05) is 37.0 Å². The molecule has 0 radical (unpaired) electrons. The Kier molecular flexibility index (Phi) is 3.47. The lowest BCUT2D eigenvalue weighted by Crippen LogP contribution is -2.44. The van der Waals surface area contributed by atoms with E-state index >= 15 is 0 Å². The predicted molar refractivity (Wildman–Crippen MR) is 70.2 cm³/mol. The van der Waals surface area contributed by atoms with Gasteiger partial charge < -0.3 is 10.0 Å². The van der Waals surface area contributed by atoms with Crippen LogP contribution in [0, 0.1) is 0 Å². The molecule has 1 aromatic heterocycles. The fourth-order valence-electron chi connectivity index (χ4n) is 1.81. The minimum Gasteiger partial charge on any atom is -0.366 e. The van der Waals surface area contributed by atoms with E-state index in [9.17, 15) is 5.11 Å². The van der Waals surface area contributed by atoms with Gasteiger partial charge in [0.2, 0.25) is 0 Å². The summed E-state index contributed by atoms with van der Waals surface area (Å²) in [7, 11) is 0. The average Bonchev–Trinajstić information content (AvgIpc) is 2.60. The van der Waals surface area contributed by atoms with Crippen LogP contribution < -0.4 is 0 Å². The molecule has 1 fully saturated rings. The molecule has 0 amide bonds. The molecule has 1 unspecified atom stereocenters. The summed E-state index contributed by atoms with van der Waals surface area (Å²) < 4.78 is 0.771. The van der Waals surface area contributed by atoms with Crippen molar-refractivity contribution in [2.75, 3.05) is 12.3 Å². The summed E-state index contributed by atoms with van der Waals surface area (Å²) in [5.41, 5.74) is -0.165. The normalized spacial score (nSPS) is 25.1. The lowest BCUT2D eigenvalue weighted by molar-refractivity contribution is -0.0467. The smallest absolute Gasteiger partial charge is 0.176 e. The predicted octanol–water partition coefficient (Wildman–Crippen LogP) is 1.97. The maximum Gasteiger partial charge on any atom is 0.176 e. The first-order valence-electron chi connectivity index (χ1n) is 5.26. The standard InChI is InChI=1S/C11H14N2OS2/c1-2-6-13-10(15)16-8-11(13,14)9-4-3-5-12-7-9/h3-5,7,14H,2,6,8H2,1H3. The SMILES string of the molecule is CCCN1C(=S)SCC1(O)c1cccnc1. The fraction of sp³-hybridized carbons (Fsp3) is 0.455. The molecule has 16 heavy (non-hydrogen) atoms. The molecule has 1 N–H and O–H groups in total. The Morgan fingerprint density at radius 3 is 3.12 bits per heavy atom. The molecule has 5 heteroatoms. The Balaban J connectivity index is 2.33. The van der Waals surface area contributed by atoms with Crippen molar-refractivity contribution in [3.63, 3.8) is 0 Å². The van der Waals surface area contributed by atoms with Crippen LogP contribution in [0.2, 0.25) is 0 Å². The van der Waals surface area contributed by atoms with Crippen LogP contribution in [-0.4, -0.2) is 31.6 Å². The van der Waals surface area contributed by atoms with Gasteiger partial charge in [-0.2, -0.15) is 0 Å². The number of aliphatic hydroxyl groups is 1. The van der Waals surface area contributed by atoms with E-state index in [0.29, 0.717) is 5.75 Å². The van der Waals surface area contributed by atoms with Crippen molar-refractivity contribution in [1.29, 1.82) is 0 Å². The van der Waals surface area contributed by atoms with Crippen LogP contribution >= 0.6 is 24.0 Å². The van der Waals surface area contributed by atoms with E-state index in [0.717, 1.165) is 22.8 Å². The van der Waals surface area contributed by atoms with E-state index in [4.69, 9.17) is 12.2 Å². The number of hydrogen-bond donors (Lipinski definition) is 1. The highest BCUT2D eigenvalue weighted by Gasteiger charge is 2.43. The summed E-state index contributed by atoms with van der Waals surface area (Å²) in [6.45, 7) is 2.85. The zero-order valence-electron chi connectivity index (χ0n) is 9.09. The lowest BCUT2D eigenvalue weighted by atomic mass is 10.1. The van der Waals surface area contributed by atoms with Gasteiger partial charge in [-0.05, 0) is 12.5 Å². The Morgan fingerprint density at radius 2 is 2.50 bits per heavy atom. The van der Waals surface area contributed by atoms with Crippen LogP contribution in [0.15, 0.2) is 24.5 Å². The van der Waals surface area contributed by atoms with Crippen molar-refractivity contribution in [1.82, 2.24) is 9.88 Å². The Morgan fingerprint density at radius 1 is 1.69 bits per heavy atom. The van der Waals surface area contributed by atoms with Gasteiger partial charge >= 0.3 is 0 Å². The van der Waals surface area contributed by atoms with Gasteiger partial charge in [0, 0.05) is 24.5 Å². The summed E-state index contributed by atoms with van der Waals surface area (Å²) in [6.07, 6.45) is 4.37. The number of aromatic nitrogens is 1. The number of thioether (sulfide) groups is 1. The molecule has 0 aromatic carbocycles. The van der Waals surface area contributed by atoms with Crippen LogP contribution in [0.25, 0.3) is 0 Å². The lowest BCUT2D eigenvalue weighted by Gasteiger charge is -2.33. The molecule has 1 saturated heterocycles. The first-order valence-corrected chi connectivity index (χ1v) is 6.65. The molecule has 86 valence electrons. The highest BCUT2D eigenvalue weighted by atomic mass is 32.2. The van der Waals surface area contributed by atoms with Crippen LogP contribution in [0.5, 0.6) is 0 Å². The second kappa shape index (κ2) is 4.69. The van der Waals surface area contributed by atoms with E-state index in [1.54, 1.807) is 12.4 Å². The van der Waals surface area contributed by atoms with Gasteiger partial charge in [0.1, 0.15) is 4.32 Å². The molecule has 0 spiro atoms. The largest absolute Gasteiger partial charge is 0.366 e. The summed E-state index contributed by atoms with van der Waals surface area (Å²) in [5.74, 6) is 0.581. The number of pyridine rings is 1. The van der Waals surface area contributed by atoms with Crippen LogP contribution in [0.1, 0.15) is 18.9 Å². The monoisotopic (exact) mass is 254 g/mol. The summed E-state index contributed by atoms with van der Waals surface area (Å²) in [5, 5.41) is 10.7. The molecule has 0 saturated carbocycles. The molecule has 3 nitrogen and oxygen atoms in total. The molecule has 2 heterocycles. The molecule has 1 aromatic rings. The second-order valence-corrected chi connectivity index (χ2v) is 5.37. The number of thiocarbonyl (C=S) groups is 1. The van der Waals surface area contributed by atoms with Crippen LogP contribution in [-0.2, 0) is 5.72 Å². The van der Waals surface area contributed by atoms with Crippen molar-refractivity contribution in [3.8, 4) is 0 Å². The van der Waals surface area contributed by atoms with Crippen LogP contribution in [0.3, 0.4) is 0 Å². The quantitative estimate of drug-likeness (QED) is 0.835. The van der Waals surface area contributed by atoms with Crippen molar-refractivity contribution in [2.45, 2.75) is 19.1 Å². The summed E-state index contributed by atoms with van der Waals surface area (Å²) in [6, 6.07) is 3.73. The molecule has 0 bridgehead atoms. The molecule has 0 aliphatic carbocycles. The number of hydrogen-bond acceptors (Lipinski definition) is 4. The van der Waals surface area contributed by atoms with Crippen molar-refractivity contribution in [2.24, 2.45) is 0 Å². The maximum absolute atomic E-state index is 10.7. The summed E-state index contributed by atoms with van der Waals surface area (Å²) in [4.78, 5) is 5.95. The first kappa shape index (κ1) is 11.8. The topological polar surface area (TPSA) is 36.4 Å². The van der Waals surface area contributed by atoms with Gasteiger partial charge in [-0.25, -0.2) is 0 Å². The zero-order valence-corrected chi connectivity index (χ0v) is 10.7. The second-order valence-electron chi connectivity index (χ2n) is 3.76. The third kappa shape index (κ3) is 1.95. The third-order valence-corrected chi connectivity index (χ3v) is 4.22.